The second-order valence-corrected chi connectivity index (χ2v) is 6.93. The van der Waals surface area contributed by atoms with Gasteiger partial charge >= 0.3 is 5.97 Å². The van der Waals surface area contributed by atoms with Gasteiger partial charge < -0.3 is 10.6 Å². The Morgan fingerprint density at radius 3 is 2.86 bits per heavy atom. The maximum atomic E-state index is 13.7. The van der Waals surface area contributed by atoms with Crippen LogP contribution in [0.4, 0.5) is 8.78 Å². The number of carbonyl (C=O) groups excluding carboxylic acids is 1. The molecule has 0 saturated carbocycles. The van der Waals surface area contributed by atoms with E-state index in [1.807, 2.05) is 0 Å². The van der Waals surface area contributed by atoms with Crippen molar-refractivity contribution in [2.75, 3.05) is 5.75 Å². The molecule has 1 unspecified atom stereocenters. The van der Waals surface area contributed by atoms with Crippen LogP contribution in [0.2, 0.25) is 0 Å². The molecule has 0 aromatic heterocycles. The summed E-state index contributed by atoms with van der Waals surface area (Å²) in [5.41, 5.74) is -0.0109. The van der Waals surface area contributed by atoms with Crippen molar-refractivity contribution in [2.24, 2.45) is 10.9 Å². The zero-order chi connectivity index (χ0) is 16.3. The highest BCUT2D eigenvalue weighted by atomic mass is 32.2. The molecule has 0 radical (unpaired) electrons. The van der Waals surface area contributed by atoms with E-state index in [0.29, 0.717) is 17.7 Å². The highest BCUT2D eigenvalue weighted by Gasteiger charge is 2.35. The number of carbonyl (C=O) groups is 1. The molecule has 1 aromatic rings. The Bertz CT molecular complexity index is 605. The Hall–Kier alpha value is -1.63. The molecule has 1 aromatic carbocycles. The van der Waals surface area contributed by atoms with Gasteiger partial charge in [0, 0.05) is 12.5 Å². The Labute approximate surface area is 132 Å². The average Bonchev–Trinajstić information content (AvgIpc) is 2.90. The van der Waals surface area contributed by atoms with Crippen LogP contribution in [0, 0.1) is 11.6 Å². The minimum absolute atomic E-state index is 0.150. The van der Waals surface area contributed by atoms with E-state index >= 15 is 0 Å². The molecule has 1 aliphatic heterocycles. The summed E-state index contributed by atoms with van der Waals surface area (Å²) >= 11 is 1.43. The van der Waals surface area contributed by atoms with Gasteiger partial charge in [0.05, 0.1) is 5.71 Å². The normalized spacial score (nSPS) is 20.4. The fourth-order valence-corrected chi connectivity index (χ4v) is 3.45. The number of nitrogens with two attached hydrogens (primary N) is 1. The number of thioether (sulfide) groups is 1. The minimum Gasteiger partial charge on any atom is -0.458 e. The van der Waals surface area contributed by atoms with Crippen molar-refractivity contribution < 1.29 is 18.3 Å². The van der Waals surface area contributed by atoms with E-state index in [2.05, 4.69) is 5.10 Å². The summed E-state index contributed by atoms with van der Waals surface area (Å²) in [6, 6.07) is 3.36. The molecular weight excluding hydrogens is 310 g/mol. The first kappa shape index (κ1) is 16.7. The van der Waals surface area contributed by atoms with Gasteiger partial charge in [-0.05, 0) is 37.7 Å². The smallest absolute Gasteiger partial charge is 0.325 e. The van der Waals surface area contributed by atoms with Gasteiger partial charge in [-0.15, -0.1) is 11.8 Å². The van der Waals surface area contributed by atoms with Gasteiger partial charge in [-0.1, -0.05) is 6.07 Å². The first-order chi connectivity index (χ1) is 10.3. The van der Waals surface area contributed by atoms with Gasteiger partial charge in [-0.2, -0.15) is 5.10 Å². The summed E-state index contributed by atoms with van der Waals surface area (Å²) in [6.07, 6.45) is 0.811. The first-order valence-electron chi connectivity index (χ1n) is 6.87. The number of hydrogen-bond acceptors (Lipinski definition) is 5. The van der Waals surface area contributed by atoms with Crippen molar-refractivity contribution in [2.45, 2.75) is 37.5 Å². The van der Waals surface area contributed by atoms with Crippen molar-refractivity contribution in [3.8, 4) is 0 Å². The summed E-state index contributed by atoms with van der Waals surface area (Å²) in [5.74, 6) is 4.31. The molecule has 0 aliphatic carbocycles. The van der Waals surface area contributed by atoms with Crippen LogP contribution in [0.15, 0.2) is 23.3 Å². The Morgan fingerprint density at radius 1 is 1.50 bits per heavy atom. The molecular formula is C15H18F2N2O2S. The molecule has 1 atom stereocenters. The molecule has 0 spiro atoms. The lowest BCUT2D eigenvalue weighted by molar-refractivity contribution is -0.154. The van der Waals surface area contributed by atoms with Crippen molar-refractivity contribution in [3.63, 3.8) is 0 Å². The van der Waals surface area contributed by atoms with Crippen LogP contribution in [0.3, 0.4) is 0 Å². The lowest BCUT2D eigenvalue weighted by Gasteiger charge is -2.27. The molecule has 2 rings (SSSR count). The van der Waals surface area contributed by atoms with E-state index in [-0.39, 0.29) is 6.42 Å². The number of nitrogens with zero attached hydrogens (tertiary/aromatic N) is 1. The molecule has 120 valence electrons. The molecule has 0 amide bonds. The van der Waals surface area contributed by atoms with Crippen LogP contribution in [-0.4, -0.2) is 28.3 Å². The second-order valence-electron chi connectivity index (χ2n) is 5.71. The predicted octanol–water partition coefficient (Wildman–Crippen LogP) is 2.65. The van der Waals surface area contributed by atoms with Gasteiger partial charge in [-0.3, -0.25) is 4.79 Å². The zero-order valence-corrected chi connectivity index (χ0v) is 13.3. The number of hydrazone groups is 1. The monoisotopic (exact) mass is 328 g/mol. The Kier molecular flexibility index (Phi) is 5.05. The molecule has 22 heavy (non-hydrogen) atoms. The summed E-state index contributed by atoms with van der Waals surface area (Å²) in [6.45, 7) is 3.37. The van der Waals surface area contributed by atoms with Gasteiger partial charge in [-0.25, -0.2) is 8.78 Å². The zero-order valence-electron chi connectivity index (χ0n) is 12.4. The quantitative estimate of drug-likeness (QED) is 0.524. The SMILES string of the molecule is CC(C)(Cc1ccc(F)cc1F)OC(=O)C1SCCC1=NN. The first-order valence-corrected chi connectivity index (χ1v) is 7.92. The number of ether oxygens (including phenoxy) is 1. The summed E-state index contributed by atoms with van der Waals surface area (Å²) in [4.78, 5) is 12.2. The number of rotatable bonds is 4. The molecule has 1 aliphatic rings. The van der Waals surface area contributed by atoms with Gasteiger partial charge in [0.1, 0.15) is 22.5 Å². The van der Waals surface area contributed by atoms with Crippen LogP contribution in [0.1, 0.15) is 25.8 Å². The van der Waals surface area contributed by atoms with Gasteiger partial charge in [0.25, 0.3) is 0 Å². The van der Waals surface area contributed by atoms with E-state index in [4.69, 9.17) is 10.6 Å². The molecule has 7 heteroatoms. The van der Waals surface area contributed by atoms with E-state index in [9.17, 15) is 13.6 Å². The number of hydrogen-bond donors (Lipinski definition) is 1. The van der Waals surface area contributed by atoms with Crippen LogP contribution in [0.5, 0.6) is 0 Å². The molecule has 4 nitrogen and oxygen atoms in total. The highest BCUT2D eigenvalue weighted by molar-refractivity contribution is 8.01. The molecule has 1 saturated heterocycles. The van der Waals surface area contributed by atoms with E-state index in [1.165, 1.54) is 23.9 Å². The van der Waals surface area contributed by atoms with Crippen LogP contribution in [-0.2, 0) is 16.0 Å². The molecule has 1 heterocycles. The molecule has 0 bridgehead atoms. The maximum Gasteiger partial charge on any atom is 0.325 e. The number of esters is 1. The van der Waals surface area contributed by atoms with Gasteiger partial charge in [0.15, 0.2) is 0 Å². The van der Waals surface area contributed by atoms with Crippen molar-refractivity contribution in [3.05, 3.63) is 35.4 Å². The third-order valence-electron chi connectivity index (χ3n) is 3.33. The van der Waals surface area contributed by atoms with Crippen molar-refractivity contribution >= 4 is 23.4 Å². The Morgan fingerprint density at radius 2 is 2.23 bits per heavy atom. The Balaban J connectivity index is 2.05. The fourth-order valence-electron chi connectivity index (χ4n) is 2.33. The maximum absolute atomic E-state index is 13.7. The highest BCUT2D eigenvalue weighted by Crippen LogP contribution is 2.28. The standard InChI is InChI=1S/C15H18F2N2O2S/c1-15(2,8-9-3-4-10(16)7-11(9)17)21-14(20)13-12(19-18)5-6-22-13/h3-4,7,13H,5-6,8,18H2,1-2H3. The lowest BCUT2D eigenvalue weighted by Crippen LogP contribution is -2.36. The predicted molar refractivity (Wildman–Crippen MR) is 82.7 cm³/mol. The van der Waals surface area contributed by atoms with Crippen molar-refractivity contribution in [1.82, 2.24) is 0 Å². The van der Waals surface area contributed by atoms with E-state index < -0.39 is 28.5 Å². The van der Waals surface area contributed by atoms with Crippen LogP contribution in [0.25, 0.3) is 0 Å². The number of halogens is 2. The second kappa shape index (κ2) is 6.64. The summed E-state index contributed by atoms with van der Waals surface area (Å²) in [7, 11) is 0. The number of benzene rings is 1. The fraction of sp³-hybridized carbons (Fsp3) is 0.467. The average molecular weight is 328 g/mol. The van der Waals surface area contributed by atoms with Crippen molar-refractivity contribution in [1.29, 1.82) is 0 Å². The third kappa shape index (κ3) is 3.97. The van der Waals surface area contributed by atoms with Gasteiger partial charge in [0.2, 0.25) is 0 Å². The largest absolute Gasteiger partial charge is 0.458 e. The van der Waals surface area contributed by atoms with Crippen LogP contribution < -0.4 is 5.84 Å². The molecule has 1 fully saturated rings. The minimum atomic E-state index is -0.918. The molecule has 2 N–H and O–H groups in total. The van der Waals surface area contributed by atoms with Crippen LogP contribution >= 0.6 is 11.8 Å². The third-order valence-corrected chi connectivity index (χ3v) is 4.57. The van der Waals surface area contributed by atoms with E-state index in [0.717, 1.165) is 11.8 Å². The lowest BCUT2D eigenvalue weighted by atomic mass is 9.97. The topological polar surface area (TPSA) is 64.7 Å². The van der Waals surface area contributed by atoms with E-state index in [1.54, 1.807) is 13.8 Å². The summed E-state index contributed by atoms with van der Waals surface area (Å²) < 4.78 is 32.1. The summed E-state index contributed by atoms with van der Waals surface area (Å²) in [5, 5.41) is 3.12.